The molecule has 0 radical (unpaired) electrons. The van der Waals surface area contributed by atoms with Gasteiger partial charge >= 0.3 is 0 Å². The van der Waals surface area contributed by atoms with Crippen molar-refractivity contribution >= 4 is 5.69 Å². The molecule has 0 amide bonds. The number of piperazine rings is 1. The molecule has 1 aromatic carbocycles. The smallest absolute Gasteiger partial charge is 0.142 e. The molecule has 2 unspecified atom stereocenters. The lowest BCUT2D eigenvalue weighted by Crippen LogP contribution is -2.62. The number of hydrogen-bond donors (Lipinski definition) is 1. The zero-order chi connectivity index (χ0) is 14.6. The molecule has 1 N–H and O–H groups in total. The molecule has 3 heteroatoms. The molecule has 0 bridgehead atoms. The molecular formula is C17H28N2O. The van der Waals surface area contributed by atoms with Gasteiger partial charge in [-0.05, 0) is 38.8 Å². The van der Waals surface area contributed by atoms with Gasteiger partial charge in [0.15, 0.2) is 0 Å². The number of nitrogens with zero attached hydrogens (tertiary/aromatic N) is 1. The molecule has 112 valence electrons. The summed E-state index contributed by atoms with van der Waals surface area (Å²) >= 11 is 0. The minimum absolute atomic E-state index is 0.186. The molecule has 1 saturated heterocycles. The predicted octanol–water partition coefficient (Wildman–Crippen LogP) is 3.44. The quantitative estimate of drug-likeness (QED) is 0.891. The largest absolute Gasteiger partial charge is 0.492 e. The van der Waals surface area contributed by atoms with Gasteiger partial charge < -0.3 is 15.0 Å². The fourth-order valence-corrected chi connectivity index (χ4v) is 2.89. The van der Waals surface area contributed by atoms with E-state index in [0.717, 1.165) is 31.7 Å². The van der Waals surface area contributed by atoms with Crippen molar-refractivity contribution in [2.45, 2.75) is 52.1 Å². The third kappa shape index (κ3) is 3.09. The average molecular weight is 276 g/mol. The standard InChI is InChI=1S/C17H28N2O/c1-5-14-12-18-17(4,6-2)13-19(14)15-10-8-9-11-16(15)20-7-3/h8-11,14,18H,5-7,12-13H2,1-4H3. The summed E-state index contributed by atoms with van der Waals surface area (Å²) in [5, 5.41) is 3.71. The topological polar surface area (TPSA) is 24.5 Å². The zero-order valence-electron chi connectivity index (χ0n) is 13.3. The summed E-state index contributed by atoms with van der Waals surface area (Å²) in [5.74, 6) is 1.01. The number of ether oxygens (including phenoxy) is 1. The first-order chi connectivity index (χ1) is 9.63. The van der Waals surface area contributed by atoms with Gasteiger partial charge in [-0.1, -0.05) is 26.0 Å². The summed E-state index contributed by atoms with van der Waals surface area (Å²) in [7, 11) is 0. The van der Waals surface area contributed by atoms with E-state index in [0.29, 0.717) is 12.6 Å². The van der Waals surface area contributed by atoms with Gasteiger partial charge in [-0.15, -0.1) is 0 Å². The Balaban J connectivity index is 2.31. The predicted molar refractivity (Wildman–Crippen MR) is 85.7 cm³/mol. The molecule has 2 rings (SSSR count). The molecule has 1 aliphatic rings. The molecule has 20 heavy (non-hydrogen) atoms. The van der Waals surface area contributed by atoms with Crippen LogP contribution in [0.15, 0.2) is 24.3 Å². The molecule has 1 fully saturated rings. The van der Waals surface area contributed by atoms with E-state index in [1.165, 1.54) is 5.69 Å². The molecule has 1 aliphatic heterocycles. The lowest BCUT2D eigenvalue weighted by Gasteiger charge is -2.47. The second-order valence-corrected chi connectivity index (χ2v) is 5.89. The van der Waals surface area contributed by atoms with Gasteiger partial charge in [0.05, 0.1) is 12.3 Å². The van der Waals surface area contributed by atoms with Crippen molar-refractivity contribution in [1.29, 1.82) is 0 Å². The molecule has 2 atom stereocenters. The van der Waals surface area contributed by atoms with Crippen LogP contribution in [0.1, 0.15) is 40.5 Å². The molecule has 0 aromatic heterocycles. The van der Waals surface area contributed by atoms with E-state index in [1.807, 2.05) is 6.92 Å². The Kier molecular flexibility index (Phi) is 4.92. The third-order valence-electron chi connectivity index (χ3n) is 4.45. The molecule has 0 saturated carbocycles. The van der Waals surface area contributed by atoms with Gasteiger partial charge in [-0.3, -0.25) is 0 Å². The maximum Gasteiger partial charge on any atom is 0.142 e. The number of benzene rings is 1. The van der Waals surface area contributed by atoms with Gasteiger partial charge in [-0.2, -0.15) is 0 Å². The average Bonchev–Trinajstić information content (AvgIpc) is 2.48. The van der Waals surface area contributed by atoms with E-state index < -0.39 is 0 Å². The van der Waals surface area contributed by atoms with Crippen molar-refractivity contribution in [2.24, 2.45) is 0 Å². The second kappa shape index (κ2) is 6.49. The van der Waals surface area contributed by atoms with Crippen LogP contribution in [0, 0.1) is 0 Å². The first kappa shape index (κ1) is 15.2. The van der Waals surface area contributed by atoms with Crippen molar-refractivity contribution in [3.05, 3.63) is 24.3 Å². The highest BCUT2D eigenvalue weighted by molar-refractivity contribution is 5.60. The van der Waals surface area contributed by atoms with Crippen molar-refractivity contribution in [1.82, 2.24) is 5.32 Å². The van der Waals surface area contributed by atoms with Gasteiger partial charge in [0, 0.05) is 24.7 Å². The van der Waals surface area contributed by atoms with Crippen LogP contribution in [0.5, 0.6) is 5.75 Å². The van der Waals surface area contributed by atoms with E-state index >= 15 is 0 Å². The maximum atomic E-state index is 5.82. The molecule has 0 spiro atoms. The Hall–Kier alpha value is -1.22. The Morgan fingerprint density at radius 3 is 2.70 bits per heavy atom. The molecular weight excluding hydrogens is 248 g/mol. The van der Waals surface area contributed by atoms with Crippen LogP contribution in [0.4, 0.5) is 5.69 Å². The van der Waals surface area contributed by atoms with E-state index in [-0.39, 0.29) is 5.54 Å². The number of hydrogen-bond acceptors (Lipinski definition) is 3. The summed E-state index contributed by atoms with van der Waals surface area (Å²) < 4.78 is 5.82. The van der Waals surface area contributed by atoms with Crippen LogP contribution >= 0.6 is 0 Å². The maximum absolute atomic E-state index is 5.82. The first-order valence-electron chi connectivity index (χ1n) is 7.87. The van der Waals surface area contributed by atoms with E-state index in [4.69, 9.17) is 4.74 Å². The van der Waals surface area contributed by atoms with E-state index in [1.54, 1.807) is 0 Å². The van der Waals surface area contributed by atoms with Crippen LogP contribution in [0.25, 0.3) is 0 Å². The third-order valence-corrected chi connectivity index (χ3v) is 4.45. The molecule has 1 heterocycles. The fourth-order valence-electron chi connectivity index (χ4n) is 2.89. The highest BCUT2D eigenvalue weighted by Crippen LogP contribution is 2.33. The van der Waals surface area contributed by atoms with Crippen LogP contribution in [0.3, 0.4) is 0 Å². The van der Waals surface area contributed by atoms with Crippen LogP contribution in [-0.2, 0) is 0 Å². The van der Waals surface area contributed by atoms with E-state index in [9.17, 15) is 0 Å². The van der Waals surface area contributed by atoms with Crippen molar-refractivity contribution in [3.8, 4) is 5.75 Å². The summed E-state index contributed by atoms with van der Waals surface area (Å²) in [5.41, 5.74) is 1.42. The number of anilines is 1. The summed E-state index contributed by atoms with van der Waals surface area (Å²) in [6.45, 7) is 11.7. The van der Waals surface area contributed by atoms with Crippen molar-refractivity contribution in [2.75, 3.05) is 24.6 Å². The molecule has 0 aliphatic carbocycles. The molecule has 3 nitrogen and oxygen atoms in total. The van der Waals surface area contributed by atoms with Crippen LogP contribution < -0.4 is 15.0 Å². The SMILES string of the molecule is CCOc1ccccc1N1CC(C)(CC)NCC1CC. The van der Waals surface area contributed by atoms with Gasteiger partial charge in [-0.25, -0.2) is 0 Å². The van der Waals surface area contributed by atoms with E-state index in [2.05, 4.69) is 55.3 Å². The summed E-state index contributed by atoms with van der Waals surface area (Å²) in [4.78, 5) is 2.53. The second-order valence-electron chi connectivity index (χ2n) is 5.89. The Morgan fingerprint density at radius 1 is 1.30 bits per heavy atom. The zero-order valence-corrected chi connectivity index (χ0v) is 13.3. The summed E-state index contributed by atoms with van der Waals surface area (Å²) in [6.07, 6.45) is 2.28. The lowest BCUT2D eigenvalue weighted by atomic mass is 9.92. The summed E-state index contributed by atoms with van der Waals surface area (Å²) in [6, 6.07) is 8.97. The van der Waals surface area contributed by atoms with Gasteiger partial charge in [0.1, 0.15) is 5.75 Å². The first-order valence-corrected chi connectivity index (χ1v) is 7.87. The van der Waals surface area contributed by atoms with Gasteiger partial charge in [0.2, 0.25) is 0 Å². The highest BCUT2D eigenvalue weighted by atomic mass is 16.5. The monoisotopic (exact) mass is 276 g/mol. The van der Waals surface area contributed by atoms with Crippen LogP contribution in [0.2, 0.25) is 0 Å². The van der Waals surface area contributed by atoms with Crippen molar-refractivity contribution in [3.63, 3.8) is 0 Å². The number of rotatable bonds is 5. The number of para-hydroxylation sites is 2. The lowest BCUT2D eigenvalue weighted by molar-refractivity contribution is 0.272. The highest BCUT2D eigenvalue weighted by Gasteiger charge is 2.34. The number of nitrogens with one attached hydrogen (secondary N) is 1. The fraction of sp³-hybridized carbons (Fsp3) is 0.647. The van der Waals surface area contributed by atoms with Crippen molar-refractivity contribution < 1.29 is 4.74 Å². The van der Waals surface area contributed by atoms with Crippen LogP contribution in [-0.4, -0.2) is 31.3 Å². The Morgan fingerprint density at radius 2 is 2.05 bits per heavy atom. The Bertz CT molecular complexity index is 435. The normalized spacial score (nSPS) is 26.6. The minimum atomic E-state index is 0.186. The minimum Gasteiger partial charge on any atom is -0.492 e. The van der Waals surface area contributed by atoms with Gasteiger partial charge in [0.25, 0.3) is 0 Å². The Labute approximate surface area is 123 Å². The molecule has 1 aromatic rings.